The van der Waals surface area contributed by atoms with Crippen LogP contribution in [0.1, 0.15) is 5.56 Å². The first-order valence-electron chi connectivity index (χ1n) is 6.83. The molecule has 0 aliphatic rings. The standard InChI is InChI=1S/C17H11ClN2S2/c18-16-15-14(12-8-4-5-9-13(12)22-15)19-17(20-16)21-10-11-6-2-1-3-7-11/h1-9H,10H2. The van der Waals surface area contributed by atoms with Gasteiger partial charge in [0, 0.05) is 15.8 Å². The number of rotatable bonds is 3. The Hall–Kier alpha value is -1.62. The van der Waals surface area contributed by atoms with E-state index in [0.717, 1.165) is 26.5 Å². The summed E-state index contributed by atoms with van der Waals surface area (Å²) in [6, 6.07) is 18.5. The highest BCUT2D eigenvalue weighted by Crippen LogP contribution is 2.37. The lowest BCUT2D eigenvalue weighted by Gasteiger charge is -2.02. The van der Waals surface area contributed by atoms with Gasteiger partial charge in [0.05, 0.1) is 10.2 Å². The van der Waals surface area contributed by atoms with E-state index in [0.29, 0.717) is 5.15 Å². The Balaban J connectivity index is 1.74. The summed E-state index contributed by atoms with van der Waals surface area (Å²) in [4.78, 5) is 9.16. The fourth-order valence-electron chi connectivity index (χ4n) is 2.32. The molecule has 0 radical (unpaired) electrons. The molecule has 2 aromatic carbocycles. The summed E-state index contributed by atoms with van der Waals surface area (Å²) < 4.78 is 2.16. The molecule has 0 amide bonds. The fraction of sp³-hybridized carbons (Fsp3) is 0.0588. The predicted molar refractivity (Wildman–Crippen MR) is 95.9 cm³/mol. The van der Waals surface area contributed by atoms with E-state index in [4.69, 9.17) is 16.6 Å². The van der Waals surface area contributed by atoms with E-state index < -0.39 is 0 Å². The van der Waals surface area contributed by atoms with Crippen LogP contribution < -0.4 is 0 Å². The van der Waals surface area contributed by atoms with Crippen LogP contribution in [0.25, 0.3) is 20.3 Å². The molecule has 2 nitrogen and oxygen atoms in total. The van der Waals surface area contributed by atoms with Crippen LogP contribution in [-0.2, 0) is 5.75 Å². The fourth-order valence-corrected chi connectivity index (χ4v) is 4.48. The maximum Gasteiger partial charge on any atom is 0.189 e. The molecule has 0 N–H and O–H groups in total. The number of thiophene rings is 1. The van der Waals surface area contributed by atoms with Crippen LogP contribution >= 0.6 is 34.7 Å². The molecule has 108 valence electrons. The van der Waals surface area contributed by atoms with Crippen LogP contribution in [-0.4, -0.2) is 9.97 Å². The Morgan fingerprint density at radius 1 is 0.955 bits per heavy atom. The minimum absolute atomic E-state index is 0.543. The monoisotopic (exact) mass is 342 g/mol. The van der Waals surface area contributed by atoms with Crippen molar-refractivity contribution in [3.63, 3.8) is 0 Å². The number of hydrogen-bond donors (Lipinski definition) is 0. The molecule has 0 aliphatic carbocycles. The Morgan fingerprint density at radius 3 is 2.59 bits per heavy atom. The zero-order valence-corrected chi connectivity index (χ0v) is 13.9. The lowest BCUT2D eigenvalue weighted by atomic mass is 10.2. The first kappa shape index (κ1) is 14.0. The van der Waals surface area contributed by atoms with Crippen molar-refractivity contribution in [3.05, 3.63) is 65.3 Å². The minimum atomic E-state index is 0.543. The first-order chi connectivity index (χ1) is 10.8. The predicted octanol–water partition coefficient (Wildman–Crippen LogP) is 5.79. The second-order valence-electron chi connectivity index (χ2n) is 4.85. The number of aromatic nitrogens is 2. The Morgan fingerprint density at radius 2 is 1.73 bits per heavy atom. The van der Waals surface area contributed by atoms with Crippen molar-refractivity contribution >= 4 is 55.0 Å². The summed E-state index contributed by atoms with van der Waals surface area (Å²) in [6.07, 6.45) is 0. The van der Waals surface area contributed by atoms with E-state index in [-0.39, 0.29) is 0 Å². The van der Waals surface area contributed by atoms with Gasteiger partial charge < -0.3 is 0 Å². The SMILES string of the molecule is Clc1nc(SCc2ccccc2)nc2c1sc1ccccc12. The largest absolute Gasteiger partial charge is 0.221 e. The molecule has 0 spiro atoms. The molecule has 4 aromatic rings. The Labute approximate surface area is 141 Å². The molecule has 0 bridgehead atoms. The summed E-state index contributed by atoms with van der Waals surface area (Å²) in [7, 11) is 0. The maximum atomic E-state index is 6.36. The minimum Gasteiger partial charge on any atom is -0.221 e. The molecule has 0 saturated carbocycles. The van der Waals surface area contributed by atoms with Crippen molar-refractivity contribution in [1.29, 1.82) is 0 Å². The van der Waals surface area contributed by atoms with E-state index >= 15 is 0 Å². The summed E-state index contributed by atoms with van der Waals surface area (Å²) in [5.41, 5.74) is 2.21. The van der Waals surface area contributed by atoms with Gasteiger partial charge in [-0.1, -0.05) is 71.9 Å². The number of benzene rings is 2. The number of fused-ring (bicyclic) bond motifs is 3. The molecule has 0 atom stereocenters. The summed E-state index contributed by atoms with van der Waals surface area (Å²) in [5.74, 6) is 0.838. The summed E-state index contributed by atoms with van der Waals surface area (Å²) >= 11 is 9.62. The van der Waals surface area contributed by atoms with Crippen molar-refractivity contribution in [1.82, 2.24) is 9.97 Å². The van der Waals surface area contributed by atoms with Crippen LogP contribution in [0.15, 0.2) is 59.8 Å². The zero-order chi connectivity index (χ0) is 14.9. The van der Waals surface area contributed by atoms with Crippen LogP contribution in [0.3, 0.4) is 0 Å². The summed E-state index contributed by atoms with van der Waals surface area (Å²) in [6.45, 7) is 0. The number of hydrogen-bond acceptors (Lipinski definition) is 4. The van der Waals surface area contributed by atoms with Crippen LogP contribution in [0.5, 0.6) is 0 Å². The van der Waals surface area contributed by atoms with Gasteiger partial charge in [-0.25, -0.2) is 9.97 Å². The maximum absolute atomic E-state index is 6.36. The van der Waals surface area contributed by atoms with Crippen LogP contribution in [0, 0.1) is 0 Å². The zero-order valence-electron chi connectivity index (χ0n) is 11.5. The highest BCUT2D eigenvalue weighted by Gasteiger charge is 2.12. The van der Waals surface area contributed by atoms with Gasteiger partial charge in [0.1, 0.15) is 0 Å². The van der Waals surface area contributed by atoms with Crippen molar-refractivity contribution in [2.75, 3.05) is 0 Å². The van der Waals surface area contributed by atoms with E-state index in [1.165, 1.54) is 10.3 Å². The van der Waals surface area contributed by atoms with Crippen molar-refractivity contribution in [3.8, 4) is 0 Å². The van der Waals surface area contributed by atoms with Crippen LogP contribution in [0.2, 0.25) is 5.15 Å². The van der Waals surface area contributed by atoms with E-state index in [2.05, 4.69) is 29.2 Å². The van der Waals surface area contributed by atoms with E-state index in [1.54, 1.807) is 23.1 Å². The quantitative estimate of drug-likeness (QED) is 0.268. The average Bonchev–Trinajstić information content (AvgIpc) is 2.94. The number of halogens is 1. The second kappa shape index (κ2) is 5.88. The third-order valence-corrected chi connectivity index (χ3v) is 5.84. The second-order valence-corrected chi connectivity index (χ2v) is 7.20. The summed E-state index contributed by atoms with van der Waals surface area (Å²) in [5, 5.41) is 2.42. The average molecular weight is 343 g/mol. The van der Waals surface area contributed by atoms with E-state index in [9.17, 15) is 0 Å². The molecular formula is C17H11ClN2S2. The molecule has 4 rings (SSSR count). The van der Waals surface area contributed by atoms with Gasteiger partial charge in [-0.05, 0) is 11.6 Å². The normalized spacial score (nSPS) is 11.3. The topological polar surface area (TPSA) is 25.8 Å². The molecule has 0 saturated heterocycles. The Kier molecular flexibility index (Phi) is 3.74. The van der Waals surface area contributed by atoms with Gasteiger partial charge in [0.25, 0.3) is 0 Å². The third-order valence-electron chi connectivity index (χ3n) is 3.37. The molecule has 0 fully saturated rings. The highest BCUT2D eigenvalue weighted by atomic mass is 35.5. The van der Waals surface area contributed by atoms with Gasteiger partial charge in [-0.15, -0.1) is 11.3 Å². The molecule has 2 aromatic heterocycles. The molecule has 2 heterocycles. The molecule has 22 heavy (non-hydrogen) atoms. The molecule has 0 aliphatic heterocycles. The first-order valence-corrected chi connectivity index (χ1v) is 9.01. The van der Waals surface area contributed by atoms with E-state index in [1.807, 2.05) is 30.3 Å². The third kappa shape index (κ3) is 2.58. The number of thioether (sulfide) groups is 1. The van der Waals surface area contributed by atoms with Gasteiger partial charge in [-0.2, -0.15) is 0 Å². The van der Waals surface area contributed by atoms with Gasteiger partial charge >= 0.3 is 0 Å². The molecule has 5 heteroatoms. The van der Waals surface area contributed by atoms with Gasteiger partial charge in [0.2, 0.25) is 0 Å². The lowest BCUT2D eigenvalue weighted by Crippen LogP contribution is -1.89. The van der Waals surface area contributed by atoms with Crippen LogP contribution in [0.4, 0.5) is 0 Å². The van der Waals surface area contributed by atoms with Gasteiger partial charge in [0.15, 0.2) is 10.3 Å². The molecule has 0 unspecified atom stereocenters. The van der Waals surface area contributed by atoms with Crippen molar-refractivity contribution < 1.29 is 0 Å². The van der Waals surface area contributed by atoms with Gasteiger partial charge in [-0.3, -0.25) is 0 Å². The van der Waals surface area contributed by atoms with Crippen molar-refractivity contribution in [2.24, 2.45) is 0 Å². The Bertz CT molecular complexity index is 951. The smallest absolute Gasteiger partial charge is 0.189 e. The molecular weight excluding hydrogens is 332 g/mol. The highest BCUT2D eigenvalue weighted by molar-refractivity contribution is 7.98. The lowest BCUT2D eigenvalue weighted by molar-refractivity contribution is 1.01. The van der Waals surface area contributed by atoms with Crippen molar-refractivity contribution in [2.45, 2.75) is 10.9 Å². The number of nitrogens with zero attached hydrogens (tertiary/aromatic N) is 2.